The molecule has 3 aliphatic rings. The van der Waals surface area contributed by atoms with Crippen molar-refractivity contribution >= 4 is 64.1 Å². The molecule has 342 valence electrons. The average molecular weight is 944 g/mol. The van der Waals surface area contributed by atoms with Crippen LogP contribution in [-0.2, 0) is 31.5 Å². The summed E-state index contributed by atoms with van der Waals surface area (Å²) in [6.07, 6.45) is -9.71. The molecule has 1 unspecified atom stereocenters. The van der Waals surface area contributed by atoms with Gasteiger partial charge in [0.25, 0.3) is 23.6 Å². The van der Waals surface area contributed by atoms with Gasteiger partial charge in [0.05, 0.1) is 52.4 Å². The molecule has 0 spiro atoms. The molecular formula is C42H29F8N7O8S. The number of fused-ring (bicyclic) bond motifs is 1. The first-order chi connectivity index (χ1) is 30.9. The minimum absolute atomic E-state index is 0.0131. The first-order valence-electron chi connectivity index (χ1n) is 19.2. The van der Waals surface area contributed by atoms with Crippen molar-refractivity contribution in [1.29, 1.82) is 5.26 Å². The number of benzene rings is 3. The molecule has 0 radical (unpaired) electrons. The highest BCUT2D eigenvalue weighted by Gasteiger charge is 2.52. The lowest BCUT2D eigenvalue weighted by atomic mass is 10.0. The lowest BCUT2D eigenvalue weighted by Gasteiger charge is -2.29. The zero-order valence-electron chi connectivity index (χ0n) is 33.8. The maximum atomic E-state index is 15.8. The summed E-state index contributed by atoms with van der Waals surface area (Å²) in [6, 6.07) is 8.42. The minimum atomic E-state index is -5.35. The number of alkyl halides is 6. The van der Waals surface area contributed by atoms with E-state index >= 15 is 8.78 Å². The summed E-state index contributed by atoms with van der Waals surface area (Å²) in [6.45, 7) is 1.25. The molecule has 3 aliphatic heterocycles. The number of nitriles is 1. The number of piperidine rings is 1. The second kappa shape index (κ2) is 17.1. The van der Waals surface area contributed by atoms with Crippen LogP contribution in [0, 0.1) is 23.0 Å². The lowest BCUT2D eigenvalue weighted by molar-refractivity contribution is -0.140. The number of hydrogen-bond donors (Lipinski definition) is 2. The fourth-order valence-electron chi connectivity index (χ4n) is 7.45. The van der Waals surface area contributed by atoms with Crippen molar-refractivity contribution in [1.82, 2.24) is 20.5 Å². The van der Waals surface area contributed by atoms with Crippen molar-refractivity contribution in [3.8, 4) is 28.8 Å². The molecule has 4 heterocycles. The van der Waals surface area contributed by atoms with Gasteiger partial charge in [-0.2, -0.15) is 31.6 Å². The van der Waals surface area contributed by atoms with Crippen molar-refractivity contribution < 1.29 is 73.4 Å². The Morgan fingerprint density at radius 3 is 2.23 bits per heavy atom. The second-order valence-electron chi connectivity index (χ2n) is 15.1. The van der Waals surface area contributed by atoms with E-state index in [2.05, 4.69) is 15.6 Å². The Labute approximate surface area is 371 Å². The number of aromatic nitrogens is 1. The van der Waals surface area contributed by atoms with Gasteiger partial charge in [0.15, 0.2) is 23.4 Å². The van der Waals surface area contributed by atoms with E-state index in [-0.39, 0.29) is 54.3 Å². The zero-order valence-corrected chi connectivity index (χ0v) is 34.6. The Morgan fingerprint density at radius 1 is 0.924 bits per heavy atom. The largest absolute Gasteiger partial charge is 0.492 e. The first kappa shape index (κ1) is 46.4. The fourth-order valence-corrected chi connectivity index (χ4v) is 7.97. The van der Waals surface area contributed by atoms with E-state index in [1.165, 1.54) is 38.1 Å². The highest BCUT2D eigenvalue weighted by molar-refractivity contribution is 7.81. The Kier molecular flexibility index (Phi) is 12.0. The van der Waals surface area contributed by atoms with E-state index in [1.54, 1.807) is 0 Å². The summed E-state index contributed by atoms with van der Waals surface area (Å²) >= 11 is 5.34. The Morgan fingerprint density at radius 2 is 1.59 bits per heavy atom. The van der Waals surface area contributed by atoms with Gasteiger partial charge in [-0.15, -0.1) is 0 Å². The molecule has 7 rings (SSSR count). The van der Waals surface area contributed by atoms with Crippen molar-refractivity contribution in [2.45, 2.75) is 50.6 Å². The van der Waals surface area contributed by atoms with Gasteiger partial charge in [0.2, 0.25) is 11.8 Å². The normalized spacial score (nSPS) is 17.2. The first-order valence-corrected chi connectivity index (χ1v) is 19.6. The third kappa shape index (κ3) is 8.43. The lowest BCUT2D eigenvalue weighted by Crippen LogP contribution is -2.54. The maximum Gasteiger partial charge on any atom is 0.420 e. The number of carbonyl (C=O) groups is 6. The summed E-state index contributed by atoms with van der Waals surface area (Å²) in [5.74, 6) is -8.30. The molecule has 3 aromatic carbocycles. The molecule has 0 saturated carbocycles. The number of nitrogens with zero attached hydrogens (tertiary/aromatic N) is 5. The van der Waals surface area contributed by atoms with Gasteiger partial charge in [0.1, 0.15) is 40.9 Å². The van der Waals surface area contributed by atoms with Crippen LogP contribution in [0.1, 0.15) is 64.1 Å². The van der Waals surface area contributed by atoms with E-state index in [9.17, 15) is 55.1 Å². The number of thiocarbonyl (C=S) groups is 1. The molecule has 6 amide bonds. The van der Waals surface area contributed by atoms with Crippen molar-refractivity contribution in [3.63, 3.8) is 0 Å². The second-order valence-corrected chi connectivity index (χ2v) is 15.5. The molecule has 1 atom stereocenters. The standard InChI is InChI=1S/C42H29F8N7O8S/c1-40(2)38(63)56(28-8-3-19(16-51)32(33(28)44)42(48,49)50)39(66)57(40)20-13-27(43)34(53-17-20)24-7-5-22(15-26(24)41(45,46)47)64-12-11-52-31(59)18-65-21-4-6-23-25(14-21)37(62)55(36(23)61)29-9-10-30(58)54-35(29)60/h3-8,13-15,17,29H,9-12,18H2,1-2H3,(H,52,59)(H,54,58,60). The number of imide groups is 2. The van der Waals surface area contributed by atoms with Gasteiger partial charge in [-0.05, 0) is 81.0 Å². The number of pyridine rings is 1. The van der Waals surface area contributed by atoms with Crippen LogP contribution in [0.15, 0.2) is 60.8 Å². The SMILES string of the molecule is CC1(C)C(=O)N(c2ccc(C#N)c(C(F)(F)F)c2F)C(=S)N1c1cnc(-c2ccc(OCCNC(=O)COc3ccc4c(c3)C(=O)N(C3CCC(=O)NC3=O)C4=O)cc2C(F)(F)F)c(F)c1. The van der Waals surface area contributed by atoms with Gasteiger partial charge < -0.3 is 19.7 Å². The highest BCUT2D eigenvalue weighted by Crippen LogP contribution is 2.44. The fraction of sp³-hybridized carbons (Fsp3) is 0.262. The smallest absolute Gasteiger partial charge is 0.420 e. The Bertz CT molecular complexity index is 2830. The van der Waals surface area contributed by atoms with Gasteiger partial charge >= 0.3 is 12.4 Å². The van der Waals surface area contributed by atoms with E-state index in [0.29, 0.717) is 23.1 Å². The number of hydrogen-bond acceptors (Lipinski definition) is 11. The van der Waals surface area contributed by atoms with Crippen molar-refractivity contribution in [2.75, 3.05) is 29.6 Å². The van der Waals surface area contributed by atoms with Crippen LogP contribution in [0.25, 0.3) is 11.3 Å². The number of halogens is 8. The number of carbonyl (C=O) groups excluding carboxylic acids is 6. The van der Waals surface area contributed by atoms with Crippen LogP contribution >= 0.6 is 12.2 Å². The van der Waals surface area contributed by atoms with Crippen molar-refractivity contribution in [2.24, 2.45) is 0 Å². The summed E-state index contributed by atoms with van der Waals surface area (Å²) in [5.41, 5.74) is -9.18. The molecule has 1 aromatic heterocycles. The third-order valence-corrected chi connectivity index (χ3v) is 10.9. The van der Waals surface area contributed by atoms with Crippen LogP contribution < -0.4 is 29.9 Å². The van der Waals surface area contributed by atoms with Crippen molar-refractivity contribution in [3.05, 3.63) is 100 Å². The van der Waals surface area contributed by atoms with E-state index in [4.69, 9.17) is 27.0 Å². The average Bonchev–Trinajstić information content (AvgIpc) is 3.59. The predicted octanol–water partition coefficient (Wildman–Crippen LogP) is 5.83. The Balaban J connectivity index is 0.990. The van der Waals surface area contributed by atoms with Crippen LogP contribution in [-0.4, -0.2) is 81.8 Å². The predicted molar refractivity (Wildman–Crippen MR) is 215 cm³/mol. The molecule has 2 fully saturated rings. The van der Waals surface area contributed by atoms with Gasteiger partial charge in [-0.25, -0.2) is 8.78 Å². The number of ether oxygens (including phenoxy) is 2. The van der Waals surface area contributed by atoms with Gasteiger partial charge in [0, 0.05) is 18.1 Å². The van der Waals surface area contributed by atoms with Crippen LogP contribution in [0.3, 0.4) is 0 Å². The molecule has 0 aliphatic carbocycles. The minimum Gasteiger partial charge on any atom is -0.492 e. The summed E-state index contributed by atoms with van der Waals surface area (Å²) in [7, 11) is 0. The maximum absolute atomic E-state index is 15.8. The number of nitrogens with one attached hydrogen (secondary N) is 2. The van der Waals surface area contributed by atoms with Gasteiger partial charge in [-0.1, -0.05) is 0 Å². The highest BCUT2D eigenvalue weighted by atomic mass is 32.1. The quantitative estimate of drug-likeness (QED) is 0.0794. The van der Waals surface area contributed by atoms with Crippen LogP contribution in [0.5, 0.6) is 11.5 Å². The molecule has 24 heteroatoms. The Hall–Kier alpha value is -7.55. The van der Waals surface area contributed by atoms with E-state index < -0.39 is 116 Å². The third-order valence-electron chi connectivity index (χ3n) is 10.5. The summed E-state index contributed by atoms with van der Waals surface area (Å²) in [4.78, 5) is 81.8. The molecule has 2 saturated heterocycles. The monoisotopic (exact) mass is 943 g/mol. The molecule has 0 bridgehead atoms. The van der Waals surface area contributed by atoms with Crippen LogP contribution in [0.4, 0.5) is 46.5 Å². The number of rotatable bonds is 11. The molecule has 66 heavy (non-hydrogen) atoms. The summed E-state index contributed by atoms with van der Waals surface area (Å²) < 4.78 is 126. The van der Waals surface area contributed by atoms with Crippen LogP contribution in [0.2, 0.25) is 0 Å². The van der Waals surface area contributed by atoms with Gasteiger partial charge in [-0.3, -0.25) is 48.9 Å². The topological polar surface area (TPSA) is 191 Å². The van der Waals surface area contributed by atoms with E-state index in [1.807, 2.05) is 0 Å². The molecule has 2 N–H and O–H groups in total. The molecular weight excluding hydrogens is 915 g/mol. The van der Waals surface area contributed by atoms with E-state index in [0.717, 1.165) is 34.2 Å². The number of amides is 6. The molecule has 4 aromatic rings. The number of anilines is 2. The molecule has 15 nitrogen and oxygen atoms in total. The summed E-state index contributed by atoms with van der Waals surface area (Å²) in [5, 5.41) is 13.0. The zero-order chi connectivity index (χ0) is 48.2.